The molecule has 3 aromatic rings. The molecule has 34 heavy (non-hydrogen) atoms. The number of esters is 1. The first-order valence-corrected chi connectivity index (χ1v) is 11.0. The molecular formula is C27H28N2O5. The van der Waals surface area contributed by atoms with Crippen molar-refractivity contribution in [2.24, 2.45) is 0 Å². The topological polar surface area (TPSA) is 93.7 Å². The van der Waals surface area contributed by atoms with Crippen molar-refractivity contribution in [3.8, 4) is 11.5 Å². The molecule has 176 valence electrons. The molecule has 2 N–H and O–H groups in total. The number of anilines is 2. The Morgan fingerprint density at radius 1 is 0.735 bits per heavy atom. The lowest BCUT2D eigenvalue weighted by atomic mass is 10.1. The van der Waals surface area contributed by atoms with Crippen LogP contribution < -0.4 is 15.4 Å². The average Bonchev–Trinajstić information content (AvgIpc) is 2.78. The van der Waals surface area contributed by atoms with Crippen molar-refractivity contribution in [3.63, 3.8) is 0 Å². The van der Waals surface area contributed by atoms with E-state index in [0.717, 1.165) is 22.4 Å². The first-order valence-electron chi connectivity index (χ1n) is 11.0. The molecule has 7 nitrogen and oxygen atoms in total. The van der Waals surface area contributed by atoms with E-state index in [9.17, 15) is 14.4 Å². The molecular weight excluding hydrogens is 432 g/mol. The van der Waals surface area contributed by atoms with Gasteiger partial charge in [-0.2, -0.15) is 0 Å². The summed E-state index contributed by atoms with van der Waals surface area (Å²) in [7, 11) is 0. The zero-order valence-corrected chi connectivity index (χ0v) is 19.5. The maximum atomic E-state index is 12.2. The second-order valence-electron chi connectivity index (χ2n) is 8.03. The summed E-state index contributed by atoms with van der Waals surface area (Å²) in [6.45, 7) is 5.42. The van der Waals surface area contributed by atoms with Crippen LogP contribution in [0.4, 0.5) is 11.4 Å². The first-order chi connectivity index (χ1) is 16.3. The number of hydrogen-bond acceptors (Lipinski definition) is 5. The van der Waals surface area contributed by atoms with E-state index in [1.54, 1.807) is 24.3 Å². The van der Waals surface area contributed by atoms with Crippen molar-refractivity contribution in [1.29, 1.82) is 0 Å². The van der Waals surface area contributed by atoms with E-state index in [0.29, 0.717) is 17.1 Å². The second kappa shape index (κ2) is 11.7. The predicted octanol–water partition coefficient (Wildman–Crippen LogP) is 5.30. The van der Waals surface area contributed by atoms with Gasteiger partial charge in [0.25, 0.3) is 5.91 Å². The number of aryl methyl sites for hydroxylation is 3. The molecule has 3 aromatic carbocycles. The van der Waals surface area contributed by atoms with E-state index in [1.165, 1.54) is 0 Å². The summed E-state index contributed by atoms with van der Waals surface area (Å²) in [6, 6.07) is 20.3. The van der Waals surface area contributed by atoms with Crippen LogP contribution in [0.5, 0.6) is 11.5 Å². The third kappa shape index (κ3) is 7.78. The SMILES string of the molecule is Cc1cc(C)cc(NC(=O)COC(=O)CCC(=O)Nc2ccc(Oc3ccccc3C)cc2)c1. The Morgan fingerprint density at radius 2 is 1.38 bits per heavy atom. The van der Waals surface area contributed by atoms with Crippen molar-refractivity contribution in [2.45, 2.75) is 33.6 Å². The number of hydrogen-bond donors (Lipinski definition) is 2. The third-order valence-electron chi connectivity index (χ3n) is 4.89. The van der Waals surface area contributed by atoms with Crippen LogP contribution in [0.25, 0.3) is 0 Å². The van der Waals surface area contributed by atoms with Crippen LogP contribution in [0.2, 0.25) is 0 Å². The summed E-state index contributed by atoms with van der Waals surface area (Å²) in [5, 5.41) is 5.42. The van der Waals surface area contributed by atoms with Crippen LogP contribution >= 0.6 is 0 Å². The largest absolute Gasteiger partial charge is 0.457 e. The number of rotatable bonds is 9. The highest BCUT2D eigenvalue weighted by Crippen LogP contribution is 2.25. The van der Waals surface area contributed by atoms with Crippen molar-refractivity contribution >= 4 is 29.2 Å². The normalized spacial score (nSPS) is 10.3. The molecule has 7 heteroatoms. The van der Waals surface area contributed by atoms with E-state index in [1.807, 2.05) is 63.2 Å². The first kappa shape index (κ1) is 24.5. The maximum Gasteiger partial charge on any atom is 0.306 e. The number of benzene rings is 3. The van der Waals surface area contributed by atoms with E-state index in [2.05, 4.69) is 10.6 Å². The molecule has 0 aliphatic heterocycles. The van der Waals surface area contributed by atoms with Gasteiger partial charge in [0.15, 0.2) is 6.61 Å². The fraction of sp³-hybridized carbons (Fsp3) is 0.222. The molecule has 0 atom stereocenters. The van der Waals surface area contributed by atoms with Crippen LogP contribution in [-0.4, -0.2) is 24.4 Å². The van der Waals surface area contributed by atoms with Gasteiger partial charge >= 0.3 is 5.97 Å². The van der Waals surface area contributed by atoms with Crippen molar-refractivity contribution in [1.82, 2.24) is 0 Å². The fourth-order valence-corrected chi connectivity index (χ4v) is 3.31. The van der Waals surface area contributed by atoms with Gasteiger partial charge in [-0.1, -0.05) is 24.3 Å². The van der Waals surface area contributed by atoms with E-state index < -0.39 is 18.5 Å². The molecule has 0 fully saturated rings. The minimum atomic E-state index is -0.618. The fourth-order valence-electron chi connectivity index (χ4n) is 3.31. The lowest BCUT2D eigenvalue weighted by Gasteiger charge is -2.10. The Hall–Kier alpha value is -4.13. The molecule has 2 amide bonds. The molecule has 3 rings (SSSR count). The molecule has 0 aromatic heterocycles. The van der Waals surface area contributed by atoms with Crippen LogP contribution in [0, 0.1) is 20.8 Å². The summed E-state index contributed by atoms with van der Waals surface area (Å²) in [4.78, 5) is 36.1. The maximum absolute atomic E-state index is 12.2. The Kier molecular flexibility index (Phi) is 8.40. The van der Waals surface area contributed by atoms with E-state index in [-0.39, 0.29) is 18.7 Å². The zero-order chi connectivity index (χ0) is 24.5. The number of nitrogens with one attached hydrogen (secondary N) is 2. The summed E-state index contributed by atoms with van der Waals surface area (Å²) in [5.41, 5.74) is 4.30. The smallest absolute Gasteiger partial charge is 0.306 e. The van der Waals surface area contributed by atoms with E-state index >= 15 is 0 Å². The molecule has 0 saturated heterocycles. The molecule has 0 aliphatic carbocycles. The standard InChI is InChI=1S/C27H28N2O5/c1-18-14-19(2)16-22(15-18)29-26(31)17-33-27(32)13-12-25(30)28-21-8-10-23(11-9-21)34-24-7-5-4-6-20(24)3/h4-11,14-16H,12-13,17H2,1-3H3,(H,28,30)(H,29,31). The number of para-hydroxylation sites is 1. The predicted molar refractivity (Wildman–Crippen MR) is 131 cm³/mol. The van der Waals surface area contributed by atoms with Gasteiger partial charge in [-0.15, -0.1) is 0 Å². The molecule has 0 unspecified atom stereocenters. The summed E-state index contributed by atoms with van der Waals surface area (Å²) in [6.07, 6.45) is -0.184. The Labute approximate surface area is 199 Å². The van der Waals surface area contributed by atoms with Gasteiger partial charge in [0, 0.05) is 17.8 Å². The van der Waals surface area contributed by atoms with Crippen LogP contribution in [0.1, 0.15) is 29.5 Å². The van der Waals surface area contributed by atoms with Gasteiger partial charge in [-0.3, -0.25) is 14.4 Å². The van der Waals surface area contributed by atoms with Gasteiger partial charge < -0.3 is 20.1 Å². The van der Waals surface area contributed by atoms with Crippen molar-refractivity contribution in [3.05, 3.63) is 83.4 Å². The highest BCUT2D eigenvalue weighted by atomic mass is 16.5. The van der Waals surface area contributed by atoms with Crippen LogP contribution in [-0.2, 0) is 19.1 Å². The third-order valence-corrected chi connectivity index (χ3v) is 4.89. The molecule has 0 spiro atoms. The average molecular weight is 461 g/mol. The number of carbonyl (C=O) groups excluding carboxylic acids is 3. The lowest BCUT2D eigenvalue weighted by molar-refractivity contribution is -0.147. The minimum absolute atomic E-state index is 0.0566. The van der Waals surface area contributed by atoms with Gasteiger partial charge in [-0.05, 0) is 79.9 Å². The Bertz CT molecular complexity index is 1150. The Balaban J connectivity index is 1.38. The quantitative estimate of drug-likeness (QED) is 0.423. The summed E-state index contributed by atoms with van der Waals surface area (Å²) >= 11 is 0. The molecule has 0 heterocycles. The van der Waals surface area contributed by atoms with Crippen LogP contribution in [0.3, 0.4) is 0 Å². The number of amides is 2. The molecule has 0 radical (unpaired) electrons. The van der Waals surface area contributed by atoms with Crippen LogP contribution in [0.15, 0.2) is 66.7 Å². The summed E-state index contributed by atoms with van der Waals surface area (Å²) in [5.74, 6) is 0.0307. The lowest BCUT2D eigenvalue weighted by Crippen LogP contribution is -2.21. The highest BCUT2D eigenvalue weighted by Gasteiger charge is 2.11. The number of carbonyl (C=O) groups is 3. The van der Waals surface area contributed by atoms with E-state index in [4.69, 9.17) is 9.47 Å². The van der Waals surface area contributed by atoms with Gasteiger partial charge in [0.1, 0.15) is 11.5 Å². The van der Waals surface area contributed by atoms with Gasteiger partial charge in [0.05, 0.1) is 6.42 Å². The van der Waals surface area contributed by atoms with Crippen molar-refractivity contribution in [2.75, 3.05) is 17.2 Å². The zero-order valence-electron chi connectivity index (χ0n) is 19.5. The molecule has 0 saturated carbocycles. The van der Waals surface area contributed by atoms with Gasteiger partial charge in [-0.25, -0.2) is 0 Å². The molecule has 0 bridgehead atoms. The Morgan fingerprint density at radius 3 is 2.06 bits per heavy atom. The monoisotopic (exact) mass is 460 g/mol. The van der Waals surface area contributed by atoms with Gasteiger partial charge in [0.2, 0.25) is 5.91 Å². The minimum Gasteiger partial charge on any atom is -0.457 e. The summed E-state index contributed by atoms with van der Waals surface area (Å²) < 4.78 is 10.8. The second-order valence-corrected chi connectivity index (χ2v) is 8.03. The molecule has 0 aliphatic rings. The number of ether oxygens (including phenoxy) is 2. The highest BCUT2D eigenvalue weighted by molar-refractivity contribution is 5.94. The van der Waals surface area contributed by atoms with Crippen molar-refractivity contribution < 1.29 is 23.9 Å².